The first-order valence-corrected chi connectivity index (χ1v) is 6.40. The predicted molar refractivity (Wildman–Crippen MR) is 63.9 cm³/mol. The normalized spacial score (nSPS) is 27.1. The van der Waals surface area contributed by atoms with Gasteiger partial charge in [0.2, 0.25) is 5.91 Å². The summed E-state index contributed by atoms with van der Waals surface area (Å²) in [6, 6.07) is 0.562. The Morgan fingerprint density at radius 3 is 2.94 bits per heavy atom. The summed E-state index contributed by atoms with van der Waals surface area (Å²) in [5.41, 5.74) is 0. The summed E-state index contributed by atoms with van der Waals surface area (Å²) >= 11 is 0. The average Bonchev–Trinajstić information content (AvgIpc) is 2.74. The molecule has 0 radical (unpaired) electrons. The van der Waals surface area contributed by atoms with Gasteiger partial charge in [-0.1, -0.05) is 0 Å². The summed E-state index contributed by atoms with van der Waals surface area (Å²) < 4.78 is 10.3. The average molecular weight is 242 g/mol. The van der Waals surface area contributed by atoms with E-state index in [2.05, 4.69) is 4.90 Å². The second kappa shape index (κ2) is 6.33. The molecule has 2 saturated heterocycles. The number of hydrogen-bond donors (Lipinski definition) is 0. The molecule has 2 fully saturated rings. The second-order valence-electron chi connectivity index (χ2n) is 4.72. The summed E-state index contributed by atoms with van der Waals surface area (Å²) in [6.45, 7) is 5.64. The van der Waals surface area contributed by atoms with Gasteiger partial charge in [-0.3, -0.25) is 9.69 Å². The number of rotatable bonds is 3. The third-order valence-corrected chi connectivity index (χ3v) is 3.57. The lowest BCUT2D eigenvalue weighted by Gasteiger charge is -2.26. The molecular weight excluding hydrogens is 220 g/mol. The maximum atomic E-state index is 11.7. The molecule has 2 rings (SSSR count). The molecule has 0 aromatic carbocycles. The van der Waals surface area contributed by atoms with E-state index < -0.39 is 0 Å². The van der Waals surface area contributed by atoms with Crippen LogP contribution in [0.3, 0.4) is 0 Å². The van der Waals surface area contributed by atoms with E-state index in [0.29, 0.717) is 6.04 Å². The van der Waals surface area contributed by atoms with Crippen molar-refractivity contribution in [2.45, 2.75) is 18.9 Å². The van der Waals surface area contributed by atoms with Gasteiger partial charge in [0.05, 0.1) is 6.61 Å². The van der Waals surface area contributed by atoms with Crippen molar-refractivity contribution in [3.05, 3.63) is 0 Å². The number of ether oxygens (including phenoxy) is 2. The Bertz CT molecular complexity index is 254. The van der Waals surface area contributed by atoms with Crippen LogP contribution in [0.1, 0.15) is 12.8 Å². The molecule has 1 atom stereocenters. The van der Waals surface area contributed by atoms with E-state index in [4.69, 9.17) is 9.47 Å². The molecule has 17 heavy (non-hydrogen) atoms. The van der Waals surface area contributed by atoms with Gasteiger partial charge in [-0.15, -0.1) is 0 Å². The van der Waals surface area contributed by atoms with Crippen LogP contribution >= 0.6 is 0 Å². The number of nitrogens with zero attached hydrogens (tertiary/aromatic N) is 2. The maximum absolute atomic E-state index is 11.7. The van der Waals surface area contributed by atoms with Gasteiger partial charge in [0.1, 0.15) is 6.61 Å². The van der Waals surface area contributed by atoms with Gasteiger partial charge in [-0.2, -0.15) is 0 Å². The molecule has 2 heterocycles. The van der Waals surface area contributed by atoms with Gasteiger partial charge in [-0.25, -0.2) is 0 Å². The van der Waals surface area contributed by atoms with Gasteiger partial charge in [0, 0.05) is 45.9 Å². The smallest absolute Gasteiger partial charge is 0.248 e. The van der Waals surface area contributed by atoms with E-state index >= 15 is 0 Å². The Labute approximate surface area is 103 Å². The first kappa shape index (κ1) is 12.8. The maximum Gasteiger partial charge on any atom is 0.248 e. The SMILES string of the molecule is COCC(=O)N1CCCN(C2CCOC2)CC1. The molecule has 0 aliphatic carbocycles. The monoisotopic (exact) mass is 242 g/mol. The molecule has 0 N–H and O–H groups in total. The Morgan fingerprint density at radius 2 is 2.24 bits per heavy atom. The van der Waals surface area contributed by atoms with Gasteiger partial charge in [0.15, 0.2) is 0 Å². The van der Waals surface area contributed by atoms with Gasteiger partial charge in [-0.05, 0) is 12.8 Å². The molecule has 5 heteroatoms. The van der Waals surface area contributed by atoms with Crippen LogP contribution in [0.2, 0.25) is 0 Å². The molecule has 1 amide bonds. The zero-order valence-corrected chi connectivity index (χ0v) is 10.6. The second-order valence-corrected chi connectivity index (χ2v) is 4.72. The minimum absolute atomic E-state index is 0.108. The topological polar surface area (TPSA) is 42.0 Å². The number of hydrogen-bond acceptors (Lipinski definition) is 4. The van der Waals surface area contributed by atoms with Crippen molar-refractivity contribution in [3.8, 4) is 0 Å². The number of carbonyl (C=O) groups excluding carboxylic acids is 1. The fourth-order valence-electron chi connectivity index (χ4n) is 2.58. The minimum Gasteiger partial charge on any atom is -0.380 e. The highest BCUT2D eigenvalue weighted by Gasteiger charge is 2.26. The fourth-order valence-corrected chi connectivity index (χ4v) is 2.58. The molecule has 1 unspecified atom stereocenters. The van der Waals surface area contributed by atoms with Crippen LogP contribution < -0.4 is 0 Å². The van der Waals surface area contributed by atoms with Crippen molar-refractivity contribution in [2.75, 3.05) is 53.1 Å². The molecule has 0 bridgehead atoms. The summed E-state index contributed by atoms with van der Waals surface area (Å²) in [7, 11) is 1.57. The largest absolute Gasteiger partial charge is 0.380 e. The first-order chi connectivity index (χ1) is 8.31. The van der Waals surface area contributed by atoms with Gasteiger partial charge in [0.25, 0.3) is 0 Å². The molecule has 2 aliphatic rings. The number of carbonyl (C=O) groups is 1. The van der Waals surface area contributed by atoms with Crippen molar-refractivity contribution in [1.82, 2.24) is 9.80 Å². The van der Waals surface area contributed by atoms with E-state index in [1.54, 1.807) is 7.11 Å². The van der Waals surface area contributed by atoms with Crippen LogP contribution in [0.4, 0.5) is 0 Å². The third-order valence-electron chi connectivity index (χ3n) is 3.57. The van der Waals surface area contributed by atoms with Crippen LogP contribution in [-0.4, -0.2) is 74.9 Å². The molecule has 5 nitrogen and oxygen atoms in total. The Hall–Kier alpha value is -0.650. The Kier molecular flexibility index (Phi) is 4.76. The third kappa shape index (κ3) is 3.40. The van der Waals surface area contributed by atoms with Crippen molar-refractivity contribution < 1.29 is 14.3 Å². The summed E-state index contributed by atoms with van der Waals surface area (Å²) in [6.07, 6.45) is 2.18. The highest BCUT2D eigenvalue weighted by atomic mass is 16.5. The molecule has 2 aliphatic heterocycles. The fraction of sp³-hybridized carbons (Fsp3) is 0.917. The molecular formula is C12H22N2O3. The molecule has 0 saturated carbocycles. The number of methoxy groups -OCH3 is 1. The Balaban J connectivity index is 1.82. The highest BCUT2D eigenvalue weighted by molar-refractivity contribution is 5.77. The van der Waals surface area contributed by atoms with E-state index in [0.717, 1.165) is 52.2 Å². The van der Waals surface area contributed by atoms with Crippen molar-refractivity contribution >= 4 is 5.91 Å². The standard InChI is InChI=1S/C12H22N2O3/c1-16-10-12(15)14-5-2-4-13(6-7-14)11-3-8-17-9-11/h11H,2-10H2,1H3. The van der Waals surface area contributed by atoms with E-state index in [1.807, 2.05) is 4.90 Å². The lowest BCUT2D eigenvalue weighted by atomic mass is 10.2. The predicted octanol–water partition coefficient (Wildman–Crippen LogP) is -0.0440. The summed E-state index contributed by atoms with van der Waals surface area (Å²) in [5, 5.41) is 0. The molecule has 0 aromatic heterocycles. The van der Waals surface area contributed by atoms with Crippen LogP contribution in [0.25, 0.3) is 0 Å². The lowest BCUT2D eigenvalue weighted by molar-refractivity contribution is -0.135. The van der Waals surface area contributed by atoms with Crippen LogP contribution in [-0.2, 0) is 14.3 Å². The molecule has 0 aromatic rings. The zero-order chi connectivity index (χ0) is 12.1. The highest BCUT2D eigenvalue weighted by Crippen LogP contribution is 2.15. The Morgan fingerprint density at radius 1 is 1.35 bits per heavy atom. The summed E-state index contributed by atoms with van der Waals surface area (Å²) in [5.74, 6) is 0.108. The molecule has 0 spiro atoms. The van der Waals surface area contributed by atoms with Crippen molar-refractivity contribution in [3.63, 3.8) is 0 Å². The van der Waals surface area contributed by atoms with Crippen LogP contribution in [0, 0.1) is 0 Å². The van der Waals surface area contributed by atoms with Crippen molar-refractivity contribution in [2.24, 2.45) is 0 Å². The van der Waals surface area contributed by atoms with E-state index in [1.165, 1.54) is 0 Å². The van der Waals surface area contributed by atoms with Gasteiger partial charge < -0.3 is 14.4 Å². The van der Waals surface area contributed by atoms with Crippen molar-refractivity contribution in [1.29, 1.82) is 0 Å². The quantitative estimate of drug-likeness (QED) is 0.696. The van der Waals surface area contributed by atoms with Gasteiger partial charge >= 0.3 is 0 Å². The first-order valence-electron chi connectivity index (χ1n) is 6.40. The minimum atomic E-state index is 0.108. The van der Waals surface area contributed by atoms with Crippen LogP contribution in [0.5, 0.6) is 0 Å². The lowest BCUT2D eigenvalue weighted by Crippen LogP contribution is -2.40. The van der Waals surface area contributed by atoms with E-state index in [9.17, 15) is 4.79 Å². The number of amides is 1. The summed E-state index contributed by atoms with van der Waals surface area (Å²) in [4.78, 5) is 16.1. The zero-order valence-electron chi connectivity index (χ0n) is 10.6. The van der Waals surface area contributed by atoms with E-state index in [-0.39, 0.29) is 12.5 Å². The van der Waals surface area contributed by atoms with Crippen LogP contribution in [0.15, 0.2) is 0 Å². The molecule has 98 valence electrons.